The van der Waals surface area contributed by atoms with Crippen LogP contribution < -0.4 is 0 Å². The number of benzene rings is 1. The molecule has 0 unspecified atom stereocenters. The number of rotatable bonds is 2. The van der Waals surface area contributed by atoms with Crippen molar-refractivity contribution in [1.82, 2.24) is 0 Å². The predicted octanol–water partition coefficient (Wildman–Crippen LogP) is 2.20. The van der Waals surface area contributed by atoms with E-state index >= 15 is 0 Å². The Bertz CT molecular complexity index is 437. The van der Waals surface area contributed by atoms with E-state index in [2.05, 4.69) is 15.9 Å². The second-order valence-corrected chi connectivity index (χ2v) is 3.48. The Labute approximate surface area is 95.2 Å². The molecule has 0 aliphatic rings. The van der Waals surface area contributed by atoms with E-state index in [0.29, 0.717) is 0 Å². The standard InChI is InChI=1S/C10H8BrNO3/c1-2-15-10(14)6-3-7(5-12)9(11)8(13)4-6/h3-4,13H,2H2,1H3. The third-order valence-electron chi connectivity index (χ3n) is 1.68. The van der Waals surface area contributed by atoms with Crippen LogP contribution in [0.3, 0.4) is 0 Å². The highest BCUT2D eigenvalue weighted by Crippen LogP contribution is 2.29. The first kappa shape index (κ1) is 11.5. The summed E-state index contributed by atoms with van der Waals surface area (Å²) in [5.74, 6) is -0.714. The maximum Gasteiger partial charge on any atom is 0.338 e. The Kier molecular flexibility index (Phi) is 3.69. The fraction of sp³-hybridized carbons (Fsp3) is 0.200. The smallest absolute Gasteiger partial charge is 0.338 e. The van der Waals surface area contributed by atoms with Crippen LogP contribution in [-0.2, 0) is 4.74 Å². The molecule has 0 amide bonds. The molecule has 78 valence electrons. The van der Waals surface area contributed by atoms with Crippen molar-refractivity contribution in [2.45, 2.75) is 6.92 Å². The van der Waals surface area contributed by atoms with Crippen LogP contribution in [0.5, 0.6) is 5.75 Å². The molecule has 0 heterocycles. The van der Waals surface area contributed by atoms with E-state index in [1.54, 1.807) is 6.92 Å². The quantitative estimate of drug-likeness (QED) is 0.836. The average Bonchev–Trinajstić information content (AvgIpc) is 2.22. The summed E-state index contributed by atoms with van der Waals surface area (Å²) in [6.07, 6.45) is 0. The minimum Gasteiger partial charge on any atom is -0.507 e. The van der Waals surface area contributed by atoms with Gasteiger partial charge in [-0.05, 0) is 35.0 Å². The number of nitriles is 1. The van der Waals surface area contributed by atoms with E-state index in [1.165, 1.54) is 12.1 Å². The first-order chi connectivity index (χ1) is 7.10. The molecule has 0 bridgehead atoms. The minimum atomic E-state index is -0.559. The molecule has 0 radical (unpaired) electrons. The summed E-state index contributed by atoms with van der Waals surface area (Å²) < 4.78 is 5.02. The van der Waals surface area contributed by atoms with Gasteiger partial charge in [0.1, 0.15) is 11.8 Å². The lowest BCUT2D eigenvalue weighted by atomic mass is 10.1. The van der Waals surface area contributed by atoms with Crippen molar-refractivity contribution in [3.8, 4) is 11.8 Å². The van der Waals surface area contributed by atoms with Gasteiger partial charge < -0.3 is 9.84 Å². The van der Waals surface area contributed by atoms with E-state index in [-0.39, 0.29) is 28.0 Å². The number of nitrogens with zero attached hydrogens (tertiary/aromatic N) is 1. The fourth-order valence-corrected chi connectivity index (χ4v) is 1.34. The fourth-order valence-electron chi connectivity index (χ4n) is 1.02. The van der Waals surface area contributed by atoms with Gasteiger partial charge >= 0.3 is 5.97 Å². The van der Waals surface area contributed by atoms with Crippen LogP contribution in [0.2, 0.25) is 0 Å². The molecule has 5 heteroatoms. The first-order valence-electron chi connectivity index (χ1n) is 4.19. The van der Waals surface area contributed by atoms with Crippen molar-refractivity contribution >= 4 is 21.9 Å². The Morgan fingerprint density at radius 3 is 2.87 bits per heavy atom. The van der Waals surface area contributed by atoms with Gasteiger partial charge in [-0.25, -0.2) is 4.79 Å². The summed E-state index contributed by atoms with van der Waals surface area (Å²) in [5.41, 5.74) is 0.354. The van der Waals surface area contributed by atoms with Crippen LogP contribution in [-0.4, -0.2) is 17.7 Å². The van der Waals surface area contributed by atoms with Crippen LogP contribution in [0.1, 0.15) is 22.8 Å². The van der Waals surface area contributed by atoms with Crippen molar-refractivity contribution in [2.75, 3.05) is 6.61 Å². The highest BCUT2D eigenvalue weighted by molar-refractivity contribution is 9.10. The van der Waals surface area contributed by atoms with Crippen LogP contribution in [0.15, 0.2) is 16.6 Å². The van der Waals surface area contributed by atoms with Crippen molar-refractivity contribution < 1.29 is 14.6 Å². The summed E-state index contributed by atoms with van der Waals surface area (Å²) in [5, 5.41) is 18.2. The topological polar surface area (TPSA) is 70.3 Å². The van der Waals surface area contributed by atoms with Gasteiger partial charge in [0.25, 0.3) is 0 Å². The first-order valence-corrected chi connectivity index (χ1v) is 4.99. The van der Waals surface area contributed by atoms with E-state index in [9.17, 15) is 9.90 Å². The predicted molar refractivity (Wildman–Crippen MR) is 56.5 cm³/mol. The number of phenols is 1. The largest absolute Gasteiger partial charge is 0.507 e. The molecule has 1 rings (SSSR count). The molecule has 0 fully saturated rings. The summed E-state index contributed by atoms with van der Waals surface area (Å²) in [7, 11) is 0. The molecule has 15 heavy (non-hydrogen) atoms. The van der Waals surface area contributed by atoms with Crippen molar-refractivity contribution in [3.63, 3.8) is 0 Å². The molecule has 0 spiro atoms. The Morgan fingerprint density at radius 2 is 2.33 bits per heavy atom. The highest BCUT2D eigenvalue weighted by atomic mass is 79.9. The van der Waals surface area contributed by atoms with Gasteiger partial charge in [-0.2, -0.15) is 5.26 Å². The van der Waals surface area contributed by atoms with Crippen LogP contribution in [0, 0.1) is 11.3 Å². The molecule has 0 saturated carbocycles. The zero-order chi connectivity index (χ0) is 11.4. The molecule has 1 aromatic carbocycles. The van der Waals surface area contributed by atoms with Crippen LogP contribution >= 0.6 is 15.9 Å². The van der Waals surface area contributed by atoms with Crippen molar-refractivity contribution in [2.24, 2.45) is 0 Å². The van der Waals surface area contributed by atoms with E-state index in [4.69, 9.17) is 10.00 Å². The SMILES string of the molecule is CCOC(=O)c1cc(O)c(Br)c(C#N)c1. The van der Waals surface area contributed by atoms with Gasteiger partial charge in [0.05, 0.1) is 22.2 Å². The number of carbonyl (C=O) groups excluding carboxylic acids is 1. The lowest BCUT2D eigenvalue weighted by Gasteiger charge is -2.04. The zero-order valence-corrected chi connectivity index (χ0v) is 9.54. The number of carbonyl (C=O) groups is 1. The van der Waals surface area contributed by atoms with Crippen LogP contribution in [0.4, 0.5) is 0 Å². The van der Waals surface area contributed by atoms with E-state index < -0.39 is 5.97 Å². The summed E-state index contributed by atoms with van der Waals surface area (Å²) in [6.45, 7) is 1.93. The number of esters is 1. The maximum absolute atomic E-state index is 11.3. The highest BCUT2D eigenvalue weighted by Gasteiger charge is 2.13. The molecule has 4 nitrogen and oxygen atoms in total. The lowest BCUT2D eigenvalue weighted by molar-refractivity contribution is 0.0526. The third-order valence-corrected chi connectivity index (χ3v) is 2.52. The molecule has 0 aliphatic heterocycles. The molecule has 1 N–H and O–H groups in total. The molecular formula is C10H8BrNO3. The zero-order valence-electron chi connectivity index (χ0n) is 7.95. The number of hydrogen-bond donors (Lipinski definition) is 1. The number of hydrogen-bond acceptors (Lipinski definition) is 4. The van der Waals surface area contributed by atoms with Gasteiger partial charge in [-0.3, -0.25) is 0 Å². The Balaban J connectivity index is 3.18. The number of halogens is 1. The van der Waals surface area contributed by atoms with Crippen molar-refractivity contribution in [1.29, 1.82) is 5.26 Å². The summed E-state index contributed by atoms with van der Waals surface area (Å²) in [4.78, 5) is 11.3. The third kappa shape index (κ3) is 2.48. The normalized spacial score (nSPS) is 9.40. The van der Waals surface area contributed by atoms with Gasteiger partial charge in [-0.15, -0.1) is 0 Å². The number of aromatic hydroxyl groups is 1. The summed E-state index contributed by atoms with van der Waals surface area (Å²) in [6, 6.07) is 4.47. The molecule has 1 aromatic rings. The van der Waals surface area contributed by atoms with Gasteiger partial charge in [0.15, 0.2) is 0 Å². The van der Waals surface area contributed by atoms with E-state index in [0.717, 1.165) is 0 Å². The number of phenolic OH excluding ortho intramolecular Hbond substituents is 1. The summed E-state index contributed by atoms with van der Waals surface area (Å²) >= 11 is 3.04. The molecule has 0 saturated heterocycles. The number of ether oxygens (including phenoxy) is 1. The van der Waals surface area contributed by atoms with Crippen LogP contribution in [0.25, 0.3) is 0 Å². The van der Waals surface area contributed by atoms with Crippen molar-refractivity contribution in [3.05, 3.63) is 27.7 Å². The molecule has 0 aromatic heterocycles. The molecular weight excluding hydrogens is 262 g/mol. The Morgan fingerprint density at radius 1 is 1.67 bits per heavy atom. The van der Waals surface area contributed by atoms with Gasteiger partial charge in [-0.1, -0.05) is 0 Å². The Hall–Kier alpha value is -1.54. The van der Waals surface area contributed by atoms with E-state index in [1.807, 2.05) is 6.07 Å². The molecule has 0 aliphatic carbocycles. The molecule has 0 atom stereocenters. The second kappa shape index (κ2) is 4.80. The minimum absolute atomic E-state index is 0.155. The monoisotopic (exact) mass is 269 g/mol. The van der Waals surface area contributed by atoms with Gasteiger partial charge in [0.2, 0.25) is 0 Å². The maximum atomic E-state index is 11.3. The lowest BCUT2D eigenvalue weighted by Crippen LogP contribution is -2.04. The van der Waals surface area contributed by atoms with Gasteiger partial charge in [0, 0.05) is 0 Å². The second-order valence-electron chi connectivity index (χ2n) is 2.69. The average molecular weight is 270 g/mol.